The van der Waals surface area contributed by atoms with Crippen LogP contribution in [-0.2, 0) is 0 Å². The van der Waals surface area contributed by atoms with Crippen LogP contribution in [0, 0.1) is 0 Å². The van der Waals surface area contributed by atoms with Gasteiger partial charge in [0.25, 0.3) is 0 Å². The van der Waals surface area contributed by atoms with Gasteiger partial charge in [-0.1, -0.05) is 12.1 Å². The number of carbonyl (C=O) groups is 1. The number of nitrogens with zero attached hydrogens (tertiary/aromatic N) is 1. The Bertz CT molecular complexity index is 508. The zero-order valence-corrected chi connectivity index (χ0v) is 7.14. The SMILES string of the molecule is O=C(O)c1cnc2c(O)cccc2c1. The average molecular weight is 189 g/mol. The number of aromatic carboxylic acids is 1. The highest BCUT2D eigenvalue weighted by molar-refractivity contribution is 5.93. The van der Waals surface area contributed by atoms with Gasteiger partial charge in [-0.15, -0.1) is 0 Å². The molecule has 4 nitrogen and oxygen atoms in total. The molecule has 0 amide bonds. The molecule has 0 radical (unpaired) electrons. The number of hydrogen-bond donors (Lipinski definition) is 2. The highest BCUT2D eigenvalue weighted by Crippen LogP contribution is 2.22. The van der Waals surface area contributed by atoms with Crippen LogP contribution in [0.5, 0.6) is 5.75 Å². The number of benzene rings is 1. The Balaban J connectivity index is 2.73. The summed E-state index contributed by atoms with van der Waals surface area (Å²) in [5.74, 6) is -0.970. The van der Waals surface area contributed by atoms with Gasteiger partial charge in [0.2, 0.25) is 0 Å². The smallest absolute Gasteiger partial charge is 0.337 e. The van der Waals surface area contributed by atoms with Crippen molar-refractivity contribution in [2.45, 2.75) is 0 Å². The van der Waals surface area contributed by atoms with E-state index in [2.05, 4.69) is 4.98 Å². The molecule has 2 aromatic rings. The first-order chi connectivity index (χ1) is 6.68. The van der Waals surface area contributed by atoms with Crippen molar-refractivity contribution in [1.82, 2.24) is 4.98 Å². The maximum atomic E-state index is 10.6. The summed E-state index contributed by atoms with van der Waals surface area (Å²) >= 11 is 0. The molecule has 0 fully saturated rings. The van der Waals surface area contributed by atoms with Crippen LogP contribution in [0.1, 0.15) is 10.4 Å². The number of hydrogen-bond acceptors (Lipinski definition) is 3. The summed E-state index contributed by atoms with van der Waals surface area (Å²) in [6, 6.07) is 6.33. The van der Waals surface area contributed by atoms with E-state index in [1.807, 2.05) is 0 Å². The molecular weight excluding hydrogens is 182 g/mol. The molecule has 1 aromatic heterocycles. The molecule has 4 heteroatoms. The largest absolute Gasteiger partial charge is 0.506 e. The van der Waals surface area contributed by atoms with Gasteiger partial charge in [0.1, 0.15) is 11.3 Å². The summed E-state index contributed by atoms with van der Waals surface area (Å²) in [6.45, 7) is 0. The van der Waals surface area contributed by atoms with E-state index in [0.717, 1.165) is 0 Å². The van der Waals surface area contributed by atoms with E-state index in [4.69, 9.17) is 5.11 Å². The normalized spacial score (nSPS) is 10.3. The van der Waals surface area contributed by atoms with Crippen molar-refractivity contribution in [3.8, 4) is 5.75 Å². The lowest BCUT2D eigenvalue weighted by Crippen LogP contribution is -1.96. The fourth-order valence-corrected chi connectivity index (χ4v) is 1.26. The van der Waals surface area contributed by atoms with Gasteiger partial charge in [-0.05, 0) is 12.1 Å². The number of carboxylic acid groups (broad SMARTS) is 1. The predicted molar refractivity (Wildman–Crippen MR) is 50.4 cm³/mol. The van der Waals surface area contributed by atoms with E-state index < -0.39 is 5.97 Å². The van der Waals surface area contributed by atoms with Gasteiger partial charge in [-0.2, -0.15) is 0 Å². The first-order valence-electron chi connectivity index (χ1n) is 3.99. The highest BCUT2D eigenvalue weighted by atomic mass is 16.4. The number of phenols is 1. The van der Waals surface area contributed by atoms with E-state index in [0.29, 0.717) is 10.9 Å². The Kier molecular flexibility index (Phi) is 1.81. The van der Waals surface area contributed by atoms with Crippen molar-refractivity contribution < 1.29 is 15.0 Å². The summed E-state index contributed by atoms with van der Waals surface area (Å²) in [5, 5.41) is 18.7. The van der Waals surface area contributed by atoms with E-state index in [1.54, 1.807) is 12.1 Å². The number of carboxylic acids is 1. The number of aromatic hydroxyl groups is 1. The molecular formula is C10H7NO3. The monoisotopic (exact) mass is 189 g/mol. The van der Waals surface area contributed by atoms with Gasteiger partial charge >= 0.3 is 5.97 Å². The third-order valence-corrected chi connectivity index (χ3v) is 1.94. The molecule has 0 bridgehead atoms. The molecule has 70 valence electrons. The summed E-state index contributed by atoms with van der Waals surface area (Å²) < 4.78 is 0. The molecule has 14 heavy (non-hydrogen) atoms. The second kappa shape index (κ2) is 2.99. The fraction of sp³-hybridized carbons (Fsp3) is 0. The van der Waals surface area contributed by atoms with Gasteiger partial charge in [0.05, 0.1) is 5.56 Å². The topological polar surface area (TPSA) is 70.4 Å². The summed E-state index contributed by atoms with van der Waals surface area (Å²) in [7, 11) is 0. The highest BCUT2D eigenvalue weighted by Gasteiger charge is 2.06. The zero-order chi connectivity index (χ0) is 10.1. The number of rotatable bonds is 1. The molecule has 0 saturated heterocycles. The standard InChI is InChI=1S/C10H7NO3/c12-8-3-1-2-6-4-7(10(13)14)5-11-9(6)8/h1-5,12H,(H,13,14). The third kappa shape index (κ3) is 1.26. The van der Waals surface area contributed by atoms with Crippen molar-refractivity contribution in [2.24, 2.45) is 0 Å². The number of pyridine rings is 1. The van der Waals surface area contributed by atoms with Gasteiger partial charge < -0.3 is 10.2 Å². The second-order valence-electron chi connectivity index (χ2n) is 2.88. The van der Waals surface area contributed by atoms with Crippen LogP contribution in [0.15, 0.2) is 30.5 Å². The summed E-state index contributed by atoms with van der Waals surface area (Å²) in [4.78, 5) is 14.5. The minimum Gasteiger partial charge on any atom is -0.506 e. The lowest BCUT2D eigenvalue weighted by atomic mass is 10.1. The molecule has 0 saturated carbocycles. The molecule has 2 N–H and O–H groups in total. The van der Waals surface area contributed by atoms with Crippen LogP contribution in [-0.4, -0.2) is 21.2 Å². The molecule has 0 aliphatic heterocycles. The summed E-state index contributed by atoms with van der Waals surface area (Å²) in [5.41, 5.74) is 0.528. The molecule has 0 atom stereocenters. The lowest BCUT2D eigenvalue weighted by molar-refractivity contribution is 0.0696. The van der Waals surface area contributed by atoms with E-state index >= 15 is 0 Å². The molecule has 0 unspecified atom stereocenters. The number of para-hydroxylation sites is 1. The third-order valence-electron chi connectivity index (χ3n) is 1.94. The van der Waals surface area contributed by atoms with Crippen LogP contribution < -0.4 is 0 Å². The second-order valence-corrected chi connectivity index (χ2v) is 2.88. The van der Waals surface area contributed by atoms with Crippen molar-refractivity contribution in [3.05, 3.63) is 36.0 Å². The van der Waals surface area contributed by atoms with Gasteiger partial charge in [0.15, 0.2) is 0 Å². The molecule has 0 spiro atoms. The maximum Gasteiger partial charge on any atom is 0.337 e. The number of fused-ring (bicyclic) bond motifs is 1. The van der Waals surface area contributed by atoms with Gasteiger partial charge in [-0.3, -0.25) is 4.98 Å². The summed E-state index contributed by atoms with van der Waals surface area (Å²) in [6.07, 6.45) is 1.23. The maximum absolute atomic E-state index is 10.6. The molecule has 1 heterocycles. The Morgan fingerprint density at radius 1 is 1.36 bits per heavy atom. The van der Waals surface area contributed by atoms with E-state index in [1.165, 1.54) is 18.3 Å². The van der Waals surface area contributed by atoms with Crippen LogP contribution >= 0.6 is 0 Å². The van der Waals surface area contributed by atoms with Crippen LogP contribution in [0.25, 0.3) is 10.9 Å². The Morgan fingerprint density at radius 3 is 2.86 bits per heavy atom. The van der Waals surface area contributed by atoms with Crippen molar-refractivity contribution >= 4 is 16.9 Å². The fourth-order valence-electron chi connectivity index (χ4n) is 1.26. The first kappa shape index (κ1) is 8.50. The van der Waals surface area contributed by atoms with Crippen molar-refractivity contribution in [3.63, 3.8) is 0 Å². The van der Waals surface area contributed by atoms with Crippen LogP contribution in [0.3, 0.4) is 0 Å². The van der Waals surface area contributed by atoms with Crippen molar-refractivity contribution in [1.29, 1.82) is 0 Å². The Labute approximate surface area is 79.4 Å². The van der Waals surface area contributed by atoms with E-state index in [-0.39, 0.29) is 11.3 Å². The zero-order valence-electron chi connectivity index (χ0n) is 7.14. The van der Waals surface area contributed by atoms with Gasteiger partial charge in [-0.25, -0.2) is 4.79 Å². The van der Waals surface area contributed by atoms with Crippen LogP contribution in [0.4, 0.5) is 0 Å². The predicted octanol–water partition coefficient (Wildman–Crippen LogP) is 1.64. The first-order valence-corrected chi connectivity index (χ1v) is 3.99. The minimum absolute atomic E-state index is 0.0550. The number of phenolic OH excluding ortho intramolecular Hbond substituents is 1. The number of aromatic nitrogens is 1. The average Bonchev–Trinajstić information content (AvgIpc) is 2.17. The van der Waals surface area contributed by atoms with Crippen LogP contribution in [0.2, 0.25) is 0 Å². The molecule has 0 aliphatic rings. The van der Waals surface area contributed by atoms with E-state index in [9.17, 15) is 9.90 Å². The molecule has 0 aliphatic carbocycles. The Hall–Kier alpha value is -2.10. The van der Waals surface area contributed by atoms with Crippen molar-refractivity contribution in [2.75, 3.05) is 0 Å². The molecule has 1 aromatic carbocycles. The molecule has 2 rings (SSSR count). The van der Waals surface area contributed by atoms with Gasteiger partial charge in [0, 0.05) is 11.6 Å². The minimum atomic E-state index is -1.03. The lowest BCUT2D eigenvalue weighted by Gasteiger charge is -2.00. The quantitative estimate of drug-likeness (QED) is 0.715. The Morgan fingerprint density at radius 2 is 2.14 bits per heavy atom.